The number of likely N-dealkylation sites (tertiary alicyclic amines) is 1. The van der Waals surface area contributed by atoms with Crippen LogP contribution in [0.4, 0.5) is 0 Å². The Morgan fingerprint density at radius 2 is 2.06 bits per heavy atom. The Labute approximate surface area is 100 Å². The third-order valence-electron chi connectivity index (χ3n) is 4.11. The summed E-state index contributed by atoms with van der Waals surface area (Å²) in [5.74, 6) is 0.895. The quantitative estimate of drug-likeness (QED) is 0.757. The van der Waals surface area contributed by atoms with Crippen molar-refractivity contribution in [2.24, 2.45) is 5.92 Å². The van der Waals surface area contributed by atoms with E-state index in [9.17, 15) is 0 Å². The molecule has 2 aliphatic rings. The second-order valence-corrected chi connectivity index (χ2v) is 5.88. The maximum absolute atomic E-state index is 3.56. The molecule has 16 heavy (non-hydrogen) atoms. The number of hydrogen-bond donors (Lipinski definition) is 1. The average molecular weight is 225 g/mol. The Hall–Kier alpha value is -0.120. The van der Waals surface area contributed by atoms with Crippen LogP contribution in [0, 0.1) is 5.92 Å². The molecule has 0 saturated carbocycles. The molecule has 0 bridgehead atoms. The highest BCUT2D eigenvalue weighted by Gasteiger charge is 2.26. The van der Waals surface area contributed by atoms with Gasteiger partial charge in [-0.15, -0.1) is 0 Å². The summed E-state index contributed by atoms with van der Waals surface area (Å²) in [7, 11) is 2.26. The van der Waals surface area contributed by atoms with Crippen LogP contribution in [0.15, 0.2) is 0 Å². The van der Waals surface area contributed by atoms with Gasteiger partial charge in [0.25, 0.3) is 0 Å². The number of nitrogens with one attached hydrogen (secondary N) is 1. The summed E-state index contributed by atoms with van der Waals surface area (Å²) in [5.41, 5.74) is 0. The van der Waals surface area contributed by atoms with Gasteiger partial charge in [-0.3, -0.25) is 4.90 Å². The van der Waals surface area contributed by atoms with Crippen LogP contribution in [-0.4, -0.2) is 61.7 Å². The molecule has 0 aromatic heterocycles. The minimum Gasteiger partial charge on any atom is -0.311 e. The second-order valence-electron chi connectivity index (χ2n) is 5.88. The van der Waals surface area contributed by atoms with Gasteiger partial charge >= 0.3 is 0 Å². The van der Waals surface area contributed by atoms with E-state index in [1.54, 1.807) is 0 Å². The van der Waals surface area contributed by atoms with E-state index in [1.165, 1.54) is 39.0 Å². The van der Waals surface area contributed by atoms with Gasteiger partial charge in [-0.25, -0.2) is 0 Å². The molecular formula is C13H27N3. The molecule has 0 spiro atoms. The van der Waals surface area contributed by atoms with Crippen LogP contribution in [0.1, 0.15) is 26.7 Å². The fraction of sp³-hybridized carbons (Fsp3) is 1.00. The van der Waals surface area contributed by atoms with E-state index in [4.69, 9.17) is 0 Å². The molecule has 0 aliphatic carbocycles. The standard InChI is InChI=1S/C13H27N3/c1-11-8-16(12(2)7-14-11)10-13-5-4-6-15(3)9-13/h11-14H,4-10H2,1-3H3. The van der Waals surface area contributed by atoms with E-state index < -0.39 is 0 Å². The van der Waals surface area contributed by atoms with Crippen LogP contribution in [0.3, 0.4) is 0 Å². The molecule has 0 amide bonds. The molecule has 0 aromatic carbocycles. The summed E-state index contributed by atoms with van der Waals surface area (Å²) in [4.78, 5) is 5.18. The first kappa shape index (κ1) is 12.3. The molecule has 2 saturated heterocycles. The van der Waals surface area contributed by atoms with Gasteiger partial charge in [0, 0.05) is 38.3 Å². The van der Waals surface area contributed by atoms with Crippen LogP contribution in [0.5, 0.6) is 0 Å². The van der Waals surface area contributed by atoms with E-state index in [0.29, 0.717) is 12.1 Å². The van der Waals surface area contributed by atoms with Gasteiger partial charge in [-0.05, 0) is 46.2 Å². The molecule has 2 heterocycles. The molecule has 3 unspecified atom stereocenters. The number of piperazine rings is 1. The van der Waals surface area contributed by atoms with E-state index in [1.807, 2.05) is 0 Å². The predicted octanol–water partition coefficient (Wildman–Crippen LogP) is 1.01. The van der Waals surface area contributed by atoms with Crippen molar-refractivity contribution in [1.29, 1.82) is 0 Å². The highest BCUT2D eigenvalue weighted by molar-refractivity contribution is 4.84. The van der Waals surface area contributed by atoms with Crippen molar-refractivity contribution in [2.45, 2.75) is 38.8 Å². The third kappa shape index (κ3) is 3.19. The maximum atomic E-state index is 3.56. The molecule has 0 radical (unpaired) electrons. The lowest BCUT2D eigenvalue weighted by molar-refractivity contribution is 0.0957. The van der Waals surface area contributed by atoms with Gasteiger partial charge in [0.15, 0.2) is 0 Å². The average Bonchev–Trinajstić information content (AvgIpc) is 2.24. The van der Waals surface area contributed by atoms with Crippen molar-refractivity contribution in [2.75, 3.05) is 39.8 Å². The minimum atomic E-state index is 0.664. The van der Waals surface area contributed by atoms with Crippen molar-refractivity contribution < 1.29 is 0 Å². The van der Waals surface area contributed by atoms with Crippen molar-refractivity contribution in [1.82, 2.24) is 15.1 Å². The Morgan fingerprint density at radius 3 is 2.81 bits per heavy atom. The summed E-state index contributed by atoms with van der Waals surface area (Å²) >= 11 is 0. The molecule has 3 heteroatoms. The van der Waals surface area contributed by atoms with Gasteiger partial charge < -0.3 is 10.2 Å². The van der Waals surface area contributed by atoms with E-state index in [-0.39, 0.29) is 0 Å². The van der Waals surface area contributed by atoms with Crippen molar-refractivity contribution in [3.63, 3.8) is 0 Å². The topological polar surface area (TPSA) is 18.5 Å². The Bertz CT molecular complexity index is 219. The maximum Gasteiger partial charge on any atom is 0.0193 e. The lowest BCUT2D eigenvalue weighted by Gasteiger charge is -2.41. The minimum absolute atomic E-state index is 0.664. The molecule has 2 aliphatic heterocycles. The number of hydrogen-bond acceptors (Lipinski definition) is 3. The molecule has 2 fully saturated rings. The molecule has 3 atom stereocenters. The lowest BCUT2D eigenvalue weighted by atomic mass is 9.96. The van der Waals surface area contributed by atoms with E-state index in [0.717, 1.165) is 12.5 Å². The highest BCUT2D eigenvalue weighted by Crippen LogP contribution is 2.18. The largest absolute Gasteiger partial charge is 0.311 e. The fourth-order valence-electron chi connectivity index (χ4n) is 3.11. The molecule has 0 aromatic rings. The number of nitrogens with zero attached hydrogens (tertiary/aromatic N) is 2. The Kier molecular flexibility index (Phi) is 4.22. The first-order valence-corrected chi connectivity index (χ1v) is 6.81. The van der Waals surface area contributed by atoms with Gasteiger partial charge in [0.1, 0.15) is 0 Å². The SMILES string of the molecule is CC1CN(CC2CCCN(C)C2)C(C)CN1. The zero-order chi connectivity index (χ0) is 11.5. The first-order valence-electron chi connectivity index (χ1n) is 6.81. The van der Waals surface area contributed by atoms with Gasteiger partial charge in [0.05, 0.1) is 0 Å². The summed E-state index contributed by atoms with van der Waals surface area (Å²) < 4.78 is 0. The number of rotatable bonds is 2. The summed E-state index contributed by atoms with van der Waals surface area (Å²) in [6.07, 6.45) is 2.81. The van der Waals surface area contributed by atoms with E-state index in [2.05, 4.69) is 36.0 Å². The fourth-order valence-corrected chi connectivity index (χ4v) is 3.11. The van der Waals surface area contributed by atoms with Gasteiger partial charge in [-0.2, -0.15) is 0 Å². The Morgan fingerprint density at radius 1 is 1.25 bits per heavy atom. The summed E-state index contributed by atoms with van der Waals surface area (Å²) in [5, 5.41) is 3.56. The first-order chi connectivity index (χ1) is 7.65. The lowest BCUT2D eigenvalue weighted by Crippen LogP contribution is -2.56. The van der Waals surface area contributed by atoms with Crippen molar-refractivity contribution >= 4 is 0 Å². The molecule has 1 N–H and O–H groups in total. The Balaban J connectivity index is 1.82. The van der Waals surface area contributed by atoms with Crippen molar-refractivity contribution in [3.05, 3.63) is 0 Å². The zero-order valence-corrected chi connectivity index (χ0v) is 11.1. The molecule has 94 valence electrons. The van der Waals surface area contributed by atoms with Gasteiger partial charge in [0.2, 0.25) is 0 Å². The monoisotopic (exact) mass is 225 g/mol. The van der Waals surface area contributed by atoms with E-state index >= 15 is 0 Å². The summed E-state index contributed by atoms with van der Waals surface area (Å²) in [6.45, 7) is 10.9. The van der Waals surface area contributed by atoms with Crippen LogP contribution < -0.4 is 5.32 Å². The van der Waals surface area contributed by atoms with Crippen molar-refractivity contribution in [3.8, 4) is 0 Å². The van der Waals surface area contributed by atoms with Gasteiger partial charge in [-0.1, -0.05) is 0 Å². The van der Waals surface area contributed by atoms with Crippen LogP contribution >= 0.6 is 0 Å². The molecule has 3 nitrogen and oxygen atoms in total. The van der Waals surface area contributed by atoms with Crippen LogP contribution in [-0.2, 0) is 0 Å². The summed E-state index contributed by atoms with van der Waals surface area (Å²) in [6, 6.07) is 1.38. The molecule has 2 rings (SSSR count). The smallest absolute Gasteiger partial charge is 0.0193 e. The van der Waals surface area contributed by atoms with Crippen LogP contribution in [0.2, 0.25) is 0 Å². The normalized spacial score (nSPS) is 38.8. The highest BCUT2D eigenvalue weighted by atomic mass is 15.2. The van der Waals surface area contributed by atoms with Crippen LogP contribution in [0.25, 0.3) is 0 Å². The zero-order valence-electron chi connectivity index (χ0n) is 11.1. The third-order valence-corrected chi connectivity index (χ3v) is 4.11. The second kappa shape index (κ2) is 5.48. The number of piperidine rings is 1. The predicted molar refractivity (Wildman–Crippen MR) is 68.7 cm³/mol. The molecular weight excluding hydrogens is 198 g/mol.